The van der Waals surface area contributed by atoms with Crippen molar-refractivity contribution < 1.29 is 4.74 Å². The molecule has 0 aliphatic heterocycles. The molecule has 2 aromatic heterocycles. The van der Waals surface area contributed by atoms with E-state index in [1.807, 2.05) is 20.9 Å². The van der Waals surface area contributed by atoms with Crippen LogP contribution in [-0.4, -0.2) is 19.7 Å². The number of aromatic nitrogens is 4. The van der Waals surface area contributed by atoms with Gasteiger partial charge in [0.15, 0.2) is 5.75 Å². The summed E-state index contributed by atoms with van der Waals surface area (Å²) in [4.78, 5) is 7.85. The number of halogens is 2. The minimum atomic E-state index is 0.141. The van der Waals surface area contributed by atoms with E-state index in [9.17, 15) is 0 Å². The molecule has 0 saturated heterocycles. The zero-order valence-corrected chi connectivity index (χ0v) is 11.9. The standard InChI is InChI=1S/C10H10BrClN4O/c1-5-8(6(2)16(3)15-5)17-9-7(11)4-13-10(12)14-9/h4H,1-3H3. The molecule has 0 radical (unpaired) electrons. The summed E-state index contributed by atoms with van der Waals surface area (Å²) in [5.74, 6) is 1.06. The topological polar surface area (TPSA) is 52.8 Å². The van der Waals surface area contributed by atoms with Crippen LogP contribution in [0.3, 0.4) is 0 Å². The van der Waals surface area contributed by atoms with E-state index in [2.05, 4.69) is 31.0 Å². The van der Waals surface area contributed by atoms with E-state index < -0.39 is 0 Å². The lowest BCUT2D eigenvalue weighted by Gasteiger charge is -2.06. The number of hydrogen-bond acceptors (Lipinski definition) is 4. The summed E-state index contributed by atoms with van der Waals surface area (Å²) in [6.45, 7) is 3.80. The fourth-order valence-electron chi connectivity index (χ4n) is 1.40. The molecule has 0 atom stereocenters. The zero-order valence-electron chi connectivity index (χ0n) is 9.53. The maximum Gasteiger partial charge on any atom is 0.238 e. The van der Waals surface area contributed by atoms with Crippen molar-refractivity contribution in [1.82, 2.24) is 19.7 Å². The third kappa shape index (κ3) is 2.42. The van der Waals surface area contributed by atoms with E-state index in [4.69, 9.17) is 16.3 Å². The lowest BCUT2D eigenvalue weighted by molar-refractivity contribution is 0.450. The van der Waals surface area contributed by atoms with Gasteiger partial charge in [0.1, 0.15) is 5.69 Å². The van der Waals surface area contributed by atoms with Crippen molar-refractivity contribution in [2.75, 3.05) is 0 Å². The van der Waals surface area contributed by atoms with Gasteiger partial charge < -0.3 is 4.74 Å². The van der Waals surface area contributed by atoms with Crippen LogP contribution in [0.25, 0.3) is 0 Å². The predicted molar refractivity (Wildman–Crippen MR) is 67.5 cm³/mol. The van der Waals surface area contributed by atoms with Crippen molar-refractivity contribution in [1.29, 1.82) is 0 Å². The highest BCUT2D eigenvalue weighted by Crippen LogP contribution is 2.31. The van der Waals surface area contributed by atoms with Gasteiger partial charge in [-0.05, 0) is 41.4 Å². The van der Waals surface area contributed by atoms with Crippen LogP contribution in [0.4, 0.5) is 0 Å². The smallest absolute Gasteiger partial charge is 0.238 e. The van der Waals surface area contributed by atoms with Crippen molar-refractivity contribution >= 4 is 27.5 Å². The quantitative estimate of drug-likeness (QED) is 0.799. The lowest BCUT2D eigenvalue weighted by Crippen LogP contribution is -1.95. The van der Waals surface area contributed by atoms with E-state index in [-0.39, 0.29) is 5.28 Å². The summed E-state index contributed by atoms with van der Waals surface area (Å²) in [6, 6.07) is 0. The molecule has 2 aromatic rings. The Bertz CT molecular complexity index is 570. The van der Waals surface area contributed by atoms with Gasteiger partial charge in [-0.15, -0.1) is 0 Å². The Morgan fingerprint density at radius 3 is 2.71 bits per heavy atom. The second-order valence-electron chi connectivity index (χ2n) is 3.52. The molecule has 0 saturated carbocycles. The summed E-state index contributed by atoms with van der Waals surface area (Å²) in [7, 11) is 1.86. The molecule has 90 valence electrons. The van der Waals surface area contributed by atoms with Gasteiger partial charge in [0.2, 0.25) is 11.2 Å². The first-order valence-corrected chi connectivity index (χ1v) is 6.02. The molecule has 0 fully saturated rings. The summed E-state index contributed by atoms with van der Waals surface area (Å²) in [6.07, 6.45) is 1.55. The Kier molecular flexibility index (Phi) is 3.35. The molecule has 0 amide bonds. The molecule has 7 heteroatoms. The van der Waals surface area contributed by atoms with Crippen molar-refractivity contribution in [3.8, 4) is 11.6 Å². The second kappa shape index (κ2) is 4.62. The molecule has 0 bridgehead atoms. The van der Waals surface area contributed by atoms with E-state index in [1.165, 1.54) is 0 Å². The number of rotatable bonds is 2. The van der Waals surface area contributed by atoms with E-state index in [1.54, 1.807) is 10.9 Å². The van der Waals surface area contributed by atoms with Crippen LogP contribution in [-0.2, 0) is 7.05 Å². The van der Waals surface area contributed by atoms with Crippen LogP contribution in [0.15, 0.2) is 10.7 Å². The number of aryl methyl sites for hydroxylation is 2. The van der Waals surface area contributed by atoms with Crippen molar-refractivity contribution in [2.45, 2.75) is 13.8 Å². The van der Waals surface area contributed by atoms with Crippen LogP contribution in [0.1, 0.15) is 11.4 Å². The van der Waals surface area contributed by atoms with Crippen LogP contribution in [0.5, 0.6) is 11.6 Å². The van der Waals surface area contributed by atoms with E-state index in [0.29, 0.717) is 16.1 Å². The van der Waals surface area contributed by atoms with Crippen LogP contribution >= 0.6 is 27.5 Å². The molecule has 0 unspecified atom stereocenters. The maximum atomic E-state index is 5.72. The Labute approximate surface area is 112 Å². The molecule has 5 nitrogen and oxygen atoms in total. The SMILES string of the molecule is Cc1nn(C)c(C)c1Oc1nc(Cl)ncc1Br. The average Bonchev–Trinajstić information content (AvgIpc) is 2.50. The average molecular weight is 318 g/mol. The highest BCUT2D eigenvalue weighted by Gasteiger charge is 2.14. The lowest BCUT2D eigenvalue weighted by atomic mass is 10.3. The van der Waals surface area contributed by atoms with E-state index in [0.717, 1.165) is 11.4 Å². The van der Waals surface area contributed by atoms with Gasteiger partial charge in [-0.25, -0.2) is 4.98 Å². The second-order valence-corrected chi connectivity index (χ2v) is 4.71. The van der Waals surface area contributed by atoms with Gasteiger partial charge in [0, 0.05) is 13.2 Å². The third-order valence-electron chi connectivity index (χ3n) is 2.32. The predicted octanol–water partition coefficient (Wildman–Crippen LogP) is 3.04. The molecule has 17 heavy (non-hydrogen) atoms. The maximum absolute atomic E-state index is 5.72. The largest absolute Gasteiger partial charge is 0.434 e. The minimum absolute atomic E-state index is 0.141. The first kappa shape index (κ1) is 12.3. The van der Waals surface area contributed by atoms with E-state index >= 15 is 0 Å². The Balaban J connectivity index is 2.41. The van der Waals surface area contributed by atoms with Gasteiger partial charge in [-0.3, -0.25) is 4.68 Å². The van der Waals surface area contributed by atoms with Crippen molar-refractivity contribution in [3.05, 3.63) is 27.3 Å². The van der Waals surface area contributed by atoms with Gasteiger partial charge in [-0.2, -0.15) is 10.1 Å². The van der Waals surface area contributed by atoms with Gasteiger partial charge in [0.05, 0.1) is 10.2 Å². The number of ether oxygens (including phenoxy) is 1. The molecule has 0 N–H and O–H groups in total. The minimum Gasteiger partial charge on any atom is -0.434 e. The van der Waals surface area contributed by atoms with Crippen molar-refractivity contribution in [2.24, 2.45) is 7.05 Å². The fraction of sp³-hybridized carbons (Fsp3) is 0.300. The summed E-state index contributed by atoms with van der Waals surface area (Å²) < 4.78 is 8.10. The molecular formula is C10H10BrClN4O. The molecule has 0 aliphatic carbocycles. The van der Waals surface area contributed by atoms with Gasteiger partial charge >= 0.3 is 0 Å². The van der Waals surface area contributed by atoms with Crippen LogP contribution < -0.4 is 4.74 Å². The number of nitrogens with zero attached hydrogens (tertiary/aromatic N) is 4. The molecule has 0 spiro atoms. The first-order chi connectivity index (χ1) is 7.99. The zero-order chi connectivity index (χ0) is 12.6. The Morgan fingerprint density at radius 2 is 2.12 bits per heavy atom. The monoisotopic (exact) mass is 316 g/mol. The van der Waals surface area contributed by atoms with Gasteiger partial charge in [-0.1, -0.05) is 0 Å². The van der Waals surface area contributed by atoms with Gasteiger partial charge in [0.25, 0.3) is 0 Å². The summed E-state index contributed by atoms with van der Waals surface area (Å²) in [5.41, 5.74) is 1.72. The molecule has 2 heterocycles. The first-order valence-electron chi connectivity index (χ1n) is 4.85. The van der Waals surface area contributed by atoms with Crippen LogP contribution in [0, 0.1) is 13.8 Å². The molecule has 0 aromatic carbocycles. The third-order valence-corrected chi connectivity index (χ3v) is 3.05. The van der Waals surface area contributed by atoms with Crippen LogP contribution in [0.2, 0.25) is 5.28 Å². The molecular weight excluding hydrogens is 307 g/mol. The highest BCUT2D eigenvalue weighted by molar-refractivity contribution is 9.10. The molecule has 0 aliphatic rings. The highest BCUT2D eigenvalue weighted by atomic mass is 79.9. The number of hydrogen-bond donors (Lipinski definition) is 0. The summed E-state index contributed by atoms with van der Waals surface area (Å²) >= 11 is 9.03. The summed E-state index contributed by atoms with van der Waals surface area (Å²) in [5, 5.41) is 4.40. The Hall–Kier alpha value is -1.14. The fourth-order valence-corrected chi connectivity index (χ4v) is 1.80. The molecule has 2 rings (SSSR count). The Morgan fingerprint density at radius 1 is 1.41 bits per heavy atom. The normalized spacial score (nSPS) is 10.6. The van der Waals surface area contributed by atoms with Crippen molar-refractivity contribution in [3.63, 3.8) is 0 Å².